The number of carbonyl (C=O) groups excluding carboxylic acids is 1. The van der Waals surface area contributed by atoms with Crippen molar-refractivity contribution in [1.82, 2.24) is 4.90 Å². The van der Waals surface area contributed by atoms with Gasteiger partial charge in [0.15, 0.2) is 0 Å². The third kappa shape index (κ3) is 3.00. The van der Waals surface area contributed by atoms with Crippen molar-refractivity contribution in [3.63, 3.8) is 0 Å². The highest BCUT2D eigenvalue weighted by Crippen LogP contribution is 2.40. The Hall–Kier alpha value is -1.29. The minimum absolute atomic E-state index is 0.160. The van der Waals surface area contributed by atoms with Gasteiger partial charge in [-0.15, -0.1) is 11.3 Å². The van der Waals surface area contributed by atoms with Crippen LogP contribution in [0.2, 0.25) is 0 Å². The molecule has 0 aliphatic carbocycles. The Labute approximate surface area is 130 Å². The number of nitrogens with zero attached hydrogens (tertiary/aromatic N) is 1. The van der Waals surface area contributed by atoms with Crippen molar-refractivity contribution in [2.75, 3.05) is 0 Å². The van der Waals surface area contributed by atoms with E-state index >= 15 is 0 Å². The average Bonchev–Trinajstić information content (AvgIpc) is 2.89. The van der Waals surface area contributed by atoms with Gasteiger partial charge in [-0.05, 0) is 64.7 Å². The molecule has 0 radical (unpaired) electrons. The summed E-state index contributed by atoms with van der Waals surface area (Å²) in [4.78, 5) is 17.0. The van der Waals surface area contributed by atoms with Gasteiger partial charge in [-0.1, -0.05) is 6.08 Å². The second-order valence-electron chi connectivity index (χ2n) is 6.99. The third-order valence-corrected chi connectivity index (χ3v) is 5.13. The number of amides is 1. The molecule has 1 aromatic rings. The summed E-state index contributed by atoms with van der Waals surface area (Å²) in [7, 11) is 0. The zero-order valence-electron chi connectivity index (χ0n) is 13.2. The lowest BCUT2D eigenvalue weighted by atomic mass is 10.0. The van der Waals surface area contributed by atoms with E-state index in [0.29, 0.717) is 6.04 Å². The lowest BCUT2D eigenvalue weighted by molar-refractivity contribution is 0.0175. The molecule has 0 saturated carbocycles. The van der Waals surface area contributed by atoms with E-state index in [9.17, 15) is 4.79 Å². The van der Waals surface area contributed by atoms with Gasteiger partial charge in [-0.3, -0.25) is 4.90 Å². The maximum atomic E-state index is 12.4. The van der Waals surface area contributed by atoms with E-state index in [1.54, 1.807) is 0 Å². The predicted octanol–water partition coefficient (Wildman–Crippen LogP) is 4.61. The van der Waals surface area contributed by atoms with Gasteiger partial charge >= 0.3 is 6.09 Å². The maximum Gasteiger partial charge on any atom is 0.411 e. The summed E-state index contributed by atoms with van der Waals surface area (Å²) >= 11 is 1.84. The Bertz CT molecular complexity index is 582. The lowest BCUT2D eigenvalue weighted by Gasteiger charge is -2.35. The summed E-state index contributed by atoms with van der Waals surface area (Å²) in [6.07, 6.45) is 5.20. The molecule has 2 atom stereocenters. The first-order chi connectivity index (χ1) is 9.83. The van der Waals surface area contributed by atoms with Gasteiger partial charge in [0.2, 0.25) is 0 Å². The first-order valence-electron chi connectivity index (χ1n) is 7.62. The zero-order chi connectivity index (χ0) is 15.2. The van der Waals surface area contributed by atoms with Crippen LogP contribution in [0.1, 0.15) is 49.8 Å². The quantitative estimate of drug-likeness (QED) is 0.758. The summed E-state index contributed by atoms with van der Waals surface area (Å²) in [5.74, 6) is 0. The smallest absolute Gasteiger partial charge is 0.411 e. The van der Waals surface area contributed by atoms with Gasteiger partial charge in [-0.2, -0.15) is 0 Å². The molecule has 0 aromatic carbocycles. The topological polar surface area (TPSA) is 29.5 Å². The second kappa shape index (κ2) is 5.16. The van der Waals surface area contributed by atoms with Crippen molar-refractivity contribution in [3.05, 3.63) is 28.0 Å². The van der Waals surface area contributed by atoms with E-state index in [4.69, 9.17) is 4.74 Å². The van der Waals surface area contributed by atoms with Crippen molar-refractivity contribution < 1.29 is 9.53 Å². The molecule has 3 heterocycles. The van der Waals surface area contributed by atoms with Crippen LogP contribution >= 0.6 is 11.3 Å². The van der Waals surface area contributed by atoms with Crippen LogP contribution in [0, 0.1) is 6.92 Å². The minimum atomic E-state index is -0.425. The summed E-state index contributed by atoms with van der Waals surface area (Å²) in [6.45, 7) is 7.91. The standard InChI is InChI=1S/C17H23NO2S/c1-11-5-8-15(21-11)12-9-13-6-7-14(10-12)18(13)16(19)20-17(2,3)4/h5,8-9,13-14H,6-7,10H2,1-4H3. The summed E-state index contributed by atoms with van der Waals surface area (Å²) in [5, 5.41) is 0. The average molecular weight is 305 g/mol. The van der Waals surface area contributed by atoms with E-state index < -0.39 is 5.60 Å². The fraction of sp³-hybridized carbons (Fsp3) is 0.588. The van der Waals surface area contributed by atoms with E-state index in [1.165, 1.54) is 15.3 Å². The van der Waals surface area contributed by atoms with Crippen LogP contribution in [0.15, 0.2) is 18.2 Å². The van der Waals surface area contributed by atoms with E-state index in [1.807, 2.05) is 37.0 Å². The molecule has 2 unspecified atom stereocenters. The Morgan fingerprint density at radius 3 is 2.67 bits per heavy atom. The number of thiophene rings is 1. The van der Waals surface area contributed by atoms with Crippen LogP contribution < -0.4 is 0 Å². The predicted molar refractivity (Wildman–Crippen MR) is 86.5 cm³/mol. The monoisotopic (exact) mass is 305 g/mol. The Morgan fingerprint density at radius 2 is 2.10 bits per heavy atom. The number of ether oxygens (including phenoxy) is 1. The molecule has 2 bridgehead atoms. The van der Waals surface area contributed by atoms with E-state index in [0.717, 1.165) is 19.3 Å². The molecule has 21 heavy (non-hydrogen) atoms. The van der Waals surface area contributed by atoms with Crippen LogP contribution in [-0.2, 0) is 4.74 Å². The Balaban J connectivity index is 1.80. The van der Waals surface area contributed by atoms with E-state index in [2.05, 4.69) is 25.1 Å². The summed E-state index contributed by atoms with van der Waals surface area (Å²) in [6, 6.07) is 4.88. The number of hydrogen-bond donors (Lipinski definition) is 0. The molecule has 2 aliphatic rings. The van der Waals surface area contributed by atoms with Gasteiger partial charge in [0.05, 0.1) is 6.04 Å². The number of fused-ring (bicyclic) bond motifs is 2. The Morgan fingerprint density at radius 1 is 1.33 bits per heavy atom. The molecule has 1 fully saturated rings. The van der Waals surface area contributed by atoms with Crippen LogP contribution in [0.25, 0.3) is 5.57 Å². The number of aryl methyl sites for hydroxylation is 1. The van der Waals surface area contributed by atoms with Gasteiger partial charge < -0.3 is 4.74 Å². The lowest BCUT2D eigenvalue weighted by Crippen LogP contribution is -2.45. The highest BCUT2D eigenvalue weighted by Gasteiger charge is 2.41. The fourth-order valence-corrected chi connectivity index (χ4v) is 4.12. The van der Waals surface area contributed by atoms with E-state index in [-0.39, 0.29) is 12.1 Å². The number of carbonyl (C=O) groups is 1. The zero-order valence-corrected chi connectivity index (χ0v) is 14.0. The molecule has 0 spiro atoms. The largest absolute Gasteiger partial charge is 0.444 e. The molecule has 3 rings (SSSR count). The van der Waals surface area contributed by atoms with Crippen LogP contribution in [0.3, 0.4) is 0 Å². The molecule has 3 nitrogen and oxygen atoms in total. The van der Waals surface area contributed by atoms with Gasteiger partial charge in [0.25, 0.3) is 0 Å². The molecule has 1 amide bonds. The van der Waals surface area contributed by atoms with Crippen molar-refractivity contribution in [2.24, 2.45) is 0 Å². The van der Waals surface area contributed by atoms with Crippen molar-refractivity contribution in [2.45, 2.75) is 64.6 Å². The molecule has 1 saturated heterocycles. The SMILES string of the molecule is Cc1ccc(C2=CC3CCC(C2)N3C(=O)OC(C)(C)C)s1. The molecule has 4 heteroatoms. The molecule has 0 N–H and O–H groups in total. The molecular formula is C17H23NO2S. The number of hydrogen-bond acceptors (Lipinski definition) is 3. The molecule has 114 valence electrons. The van der Waals surface area contributed by atoms with Gasteiger partial charge in [-0.25, -0.2) is 4.79 Å². The van der Waals surface area contributed by atoms with Crippen molar-refractivity contribution in [3.8, 4) is 0 Å². The normalized spacial score (nSPS) is 25.0. The maximum absolute atomic E-state index is 12.4. The van der Waals surface area contributed by atoms with Crippen LogP contribution in [-0.4, -0.2) is 28.7 Å². The highest BCUT2D eigenvalue weighted by atomic mass is 32.1. The van der Waals surface area contributed by atoms with Gasteiger partial charge in [0.1, 0.15) is 5.60 Å². The number of rotatable bonds is 1. The highest BCUT2D eigenvalue weighted by molar-refractivity contribution is 7.13. The third-order valence-electron chi connectivity index (χ3n) is 4.06. The Kier molecular flexibility index (Phi) is 3.60. The molecular weight excluding hydrogens is 282 g/mol. The van der Waals surface area contributed by atoms with Crippen LogP contribution in [0.5, 0.6) is 0 Å². The molecule has 1 aromatic heterocycles. The minimum Gasteiger partial charge on any atom is -0.444 e. The van der Waals surface area contributed by atoms with Crippen molar-refractivity contribution >= 4 is 23.0 Å². The van der Waals surface area contributed by atoms with Crippen LogP contribution in [0.4, 0.5) is 4.79 Å². The summed E-state index contributed by atoms with van der Waals surface area (Å²) in [5.41, 5.74) is 0.978. The van der Waals surface area contributed by atoms with Gasteiger partial charge in [0, 0.05) is 15.8 Å². The van der Waals surface area contributed by atoms with Crippen molar-refractivity contribution in [1.29, 1.82) is 0 Å². The fourth-order valence-electron chi connectivity index (χ4n) is 3.22. The first kappa shape index (κ1) is 14.6. The first-order valence-corrected chi connectivity index (χ1v) is 8.44. The molecule has 2 aliphatic heterocycles. The summed E-state index contributed by atoms with van der Waals surface area (Å²) < 4.78 is 5.56. The second-order valence-corrected chi connectivity index (χ2v) is 8.28.